The molecule has 0 bridgehead atoms. The van der Waals surface area contributed by atoms with Gasteiger partial charge < -0.3 is 9.47 Å². The van der Waals surface area contributed by atoms with Crippen LogP contribution in [0.5, 0.6) is 0 Å². The van der Waals surface area contributed by atoms with Gasteiger partial charge in [-0.25, -0.2) is 0 Å². The summed E-state index contributed by atoms with van der Waals surface area (Å²) in [6.07, 6.45) is 5.05. The molecule has 0 aromatic carbocycles. The zero-order valence-electron chi connectivity index (χ0n) is 8.64. The SMILES string of the molecule is [CH2]C/C(C)=C/CCC1(C)OCCO1. The number of hydrogen-bond donors (Lipinski definition) is 0. The first-order chi connectivity index (χ1) is 6.16. The molecule has 0 amide bonds. The molecule has 0 N–H and O–H groups in total. The Morgan fingerprint density at radius 2 is 2.08 bits per heavy atom. The zero-order valence-corrected chi connectivity index (χ0v) is 8.64. The van der Waals surface area contributed by atoms with E-state index >= 15 is 0 Å². The van der Waals surface area contributed by atoms with Crippen molar-refractivity contribution in [2.24, 2.45) is 0 Å². The first-order valence-electron chi connectivity index (χ1n) is 4.89. The molecule has 13 heavy (non-hydrogen) atoms. The first kappa shape index (κ1) is 10.7. The Morgan fingerprint density at radius 1 is 1.46 bits per heavy atom. The first-order valence-corrected chi connectivity index (χ1v) is 4.89. The van der Waals surface area contributed by atoms with Gasteiger partial charge in [0.05, 0.1) is 13.2 Å². The van der Waals surface area contributed by atoms with Crippen LogP contribution < -0.4 is 0 Å². The predicted molar refractivity (Wildman–Crippen MR) is 53.3 cm³/mol. The van der Waals surface area contributed by atoms with Gasteiger partial charge in [-0.3, -0.25) is 0 Å². The van der Waals surface area contributed by atoms with Gasteiger partial charge in [-0.05, 0) is 33.6 Å². The molecule has 2 heteroatoms. The zero-order chi connectivity index (χ0) is 9.73. The summed E-state index contributed by atoms with van der Waals surface area (Å²) in [5.41, 5.74) is 1.33. The van der Waals surface area contributed by atoms with Crippen LogP contribution in [0.2, 0.25) is 0 Å². The maximum atomic E-state index is 5.49. The van der Waals surface area contributed by atoms with Crippen LogP contribution in [-0.4, -0.2) is 19.0 Å². The second-order valence-electron chi connectivity index (χ2n) is 3.67. The van der Waals surface area contributed by atoms with Crippen molar-refractivity contribution >= 4 is 0 Å². The summed E-state index contributed by atoms with van der Waals surface area (Å²) in [6.45, 7) is 9.39. The van der Waals surface area contributed by atoms with Crippen molar-refractivity contribution in [3.05, 3.63) is 18.6 Å². The Kier molecular flexibility index (Phi) is 3.94. The molecule has 1 aliphatic rings. The van der Waals surface area contributed by atoms with Crippen molar-refractivity contribution in [1.29, 1.82) is 0 Å². The third-order valence-corrected chi connectivity index (χ3v) is 2.38. The van der Waals surface area contributed by atoms with Crippen molar-refractivity contribution in [2.75, 3.05) is 13.2 Å². The number of allylic oxidation sites excluding steroid dienone is 2. The highest BCUT2D eigenvalue weighted by molar-refractivity contribution is 4.98. The highest BCUT2D eigenvalue weighted by Gasteiger charge is 2.29. The van der Waals surface area contributed by atoms with Crippen LogP contribution in [-0.2, 0) is 9.47 Å². The van der Waals surface area contributed by atoms with Gasteiger partial charge in [0, 0.05) is 6.42 Å². The molecule has 1 aliphatic heterocycles. The maximum absolute atomic E-state index is 5.49. The fourth-order valence-corrected chi connectivity index (χ4v) is 1.38. The largest absolute Gasteiger partial charge is 0.348 e. The molecule has 0 saturated carbocycles. The van der Waals surface area contributed by atoms with E-state index in [1.54, 1.807) is 0 Å². The lowest BCUT2D eigenvalue weighted by Crippen LogP contribution is -2.24. The van der Waals surface area contributed by atoms with Gasteiger partial charge >= 0.3 is 0 Å². The van der Waals surface area contributed by atoms with E-state index in [4.69, 9.17) is 9.47 Å². The number of rotatable bonds is 4. The van der Waals surface area contributed by atoms with Crippen LogP contribution >= 0.6 is 0 Å². The lowest BCUT2D eigenvalue weighted by molar-refractivity contribution is -0.145. The third kappa shape index (κ3) is 3.49. The molecular formula is C11H19O2. The normalized spacial score (nSPS) is 22.2. The van der Waals surface area contributed by atoms with E-state index in [-0.39, 0.29) is 5.79 Å². The molecule has 1 fully saturated rings. The minimum atomic E-state index is -0.335. The van der Waals surface area contributed by atoms with E-state index in [1.165, 1.54) is 5.57 Å². The van der Waals surface area contributed by atoms with Crippen molar-refractivity contribution in [3.8, 4) is 0 Å². The van der Waals surface area contributed by atoms with Crippen molar-refractivity contribution in [1.82, 2.24) is 0 Å². The van der Waals surface area contributed by atoms with E-state index in [1.807, 2.05) is 6.92 Å². The molecule has 2 nitrogen and oxygen atoms in total. The van der Waals surface area contributed by atoms with E-state index in [0.29, 0.717) is 0 Å². The lowest BCUT2D eigenvalue weighted by Gasteiger charge is -2.21. The van der Waals surface area contributed by atoms with Gasteiger partial charge in [0.1, 0.15) is 0 Å². The molecule has 1 radical (unpaired) electrons. The fraction of sp³-hybridized carbons (Fsp3) is 0.727. The highest BCUT2D eigenvalue weighted by Crippen LogP contribution is 2.24. The van der Waals surface area contributed by atoms with E-state index < -0.39 is 0 Å². The summed E-state index contributed by atoms with van der Waals surface area (Å²) in [6, 6.07) is 0. The smallest absolute Gasteiger partial charge is 0.166 e. The maximum Gasteiger partial charge on any atom is 0.166 e. The number of hydrogen-bond acceptors (Lipinski definition) is 2. The van der Waals surface area contributed by atoms with Gasteiger partial charge in [0.25, 0.3) is 0 Å². The molecule has 1 rings (SSSR count). The molecule has 0 aromatic rings. The van der Waals surface area contributed by atoms with Crippen LogP contribution in [0.1, 0.15) is 33.1 Å². The Morgan fingerprint density at radius 3 is 2.62 bits per heavy atom. The Bertz CT molecular complexity index is 179. The van der Waals surface area contributed by atoms with Gasteiger partial charge in [0.15, 0.2) is 5.79 Å². The average molecular weight is 183 g/mol. The van der Waals surface area contributed by atoms with Gasteiger partial charge in [-0.2, -0.15) is 0 Å². The molecule has 0 spiro atoms. The summed E-state index contributed by atoms with van der Waals surface area (Å²) >= 11 is 0. The molecular weight excluding hydrogens is 164 g/mol. The summed E-state index contributed by atoms with van der Waals surface area (Å²) in [4.78, 5) is 0. The van der Waals surface area contributed by atoms with E-state index in [9.17, 15) is 0 Å². The molecule has 1 heterocycles. The summed E-state index contributed by atoms with van der Waals surface area (Å²) in [5, 5.41) is 0. The molecule has 0 unspecified atom stereocenters. The summed E-state index contributed by atoms with van der Waals surface area (Å²) in [7, 11) is 0. The quantitative estimate of drug-likeness (QED) is 0.624. The van der Waals surface area contributed by atoms with Crippen molar-refractivity contribution < 1.29 is 9.47 Å². The third-order valence-electron chi connectivity index (χ3n) is 2.38. The minimum Gasteiger partial charge on any atom is -0.348 e. The van der Waals surface area contributed by atoms with Crippen LogP contribution in [0.4, 0.5) is 0 Å². The molecule has 0 atom stereocenters. The van der Waals surface area contributed by atoms with Crippen LogP contribution in [0.15, 0.2) is 11.6 Å². The molecule has 1 saturated heterocycles. The minimum absolute atomic E-state index is 0.335. The van der Waals surface area contributed by atoms with Gasteiger partial charge in [-0.15, -0.1) is 0 Å². The Hall–Kier alpha value is -0.340. The van der Waals surface area contributed by atoms with E-state index in [0.717, 1.165) is 32.5 Å². The van der Waals surface area contributed by atoms with Crippen molar-refractivity contribution in [2.45, 2.75) is 38.9 Å². The molecule has 0 aliphatic carbocycles. The van der Waals surface area contributed by atoms with Crippen LogP contribution in [0.3, 0.4) is 0 Å². The van der Waals surface area contributed by atoms with E-state index in [2.05, 4.69) is 19.9 Å². The highest BCUT2D eigenvalue weighted by atomic mass is 16.7. The van der Waals surface area contributed by atoms with Gasteiger partial charge in [-0.1, -0.05) is 11.6 Å². The molecule has 0 aromatic heterocycles. The standard InChI is InChI=1S/C11H19O2/c1-4-10(2)6-5-7-11(3)12-8-9-13-11/h6H,1,4-5,7-9H2,2-3H3/b10-6+. The van der Waals surface area contributed by atoms with Crippen LogP contribution in [0.25, 0.3) is 0 Å². The average Bonchev–Trinajstić information content (AvgIpc) is 2.52. The fourth-order valence-electron chi connectivity index (χ4n) is 1.38. The Labute approximate surface area is 80.9 Å². The van der Waals surface area contributed by atoms with Gasteiger partial charge in [0.2, 0.25) is 0 Å². The predicted octanol–water partition coefficient (Wildman–Crippen LogP) is 2.70. The topological polar surface area (TPSA) is 18.5 Å². The number of ether oxygens (including phenoxy) is 2. The molecule has 75 valence electrons. The monoisotopic (exact) mass is 183 g/mol. The second kappa shape index (κ2) is 4.77. The second-order valence-corrected chi connectivity index (χ2v) is 3.67. The Balaban J connectivity index is 2.25. The van der Waals surface area contributed by atoms with Crippen molar-refractivity contribution in [3.63, 3.8) is 0 Å². The summed E-state index contributed by atoms with van der Waals surface area (Å²) < 4.78 is 11.0. The summed E-state index contributed by atoms with van der Waals surface area (Å²) in [5.74, 6) is -0.335. The lowest BCUT2D eigenvalue weighted by atomic mass is 10.1. The van der Waals surface area contributed by atoms with Crippen LogP contribution in [0, 0.1) is 6.92 Å².